The van der Waals surface area contributed by atoms with Crippen LogP contribution in [-0.2, 0) is 0 Å². The maximum absolute atomic E-state index is 5.82. The highest BCUT2D eigenvalue weighted by Gasteiger charge is 2.04. The van der Waals surface area contributed by atoms with Gasteiger partial charge in [0.1, 0.15) is 5.75 Å². The summed E-state index contributed by atoms with van der Waals surface area (Å²) in [6, 6.07) is 16.0. The molecule has 0 aliphatic rings. The molecule has 3 heteroatoms. The molecule has 0 spiro atoms. The molecule has 0 atom stereocenters. The Labute approximate surface area is 105 Å². The van der Waals surface area contributed by atoms with Gasteiger partial charge in [-0.2, -0.15) is 0 Å². The van der Waals surface area contributed by atoms with E-state index in [0.29, 0.717) is 0 Å². The Bertz CT molecular complexity index is 701. The van der Waals surface area contributed by atoms with E-state index in [-0.39, 0.29) is 0 Å². The third-order valence-electron chi connectivity index (χ3n) is 3.05. The summed E-state index contributed by atoms with van der Waals surface area (Å²) < 4.78 is 7.34. The fourth-order valence-corrected chi connectivity index (χ4v) is 2.15. The lowest BCUT2D eigenvalue weighted by molar-refractivity contribution is 0.415. The molecule has 0 aliphatic heterocycles. The summed E-state index contributed by atoms with van der Waals surface area (Å²) in [5.74, 6) is 0.868. The largest absolute Gasteiger partial charge is 0.497 e. The average Bonchev–Trinajstić information content (AvgIpc) is 2.81. The number of hydrogen-bond donors (Lipinski definition) is 1. The summed E-state index contributed by atoms with van der Waals surface area (Å²) >= 11 is 0. The summed E-state index contributed by atoms with van der Waals surface area (Å²) in [6.07, 6.45) is 2.04. The second-order valence-corrected chi connectivity index (χ2v) is 4.21. The minimum atomic E-state index is 0.767. The zero-order valence-corrected chi connectivity index (χ0v) is 10.1. The van der Waals surface area contributed by atoms with Crippen molar-refractivity contribution in [1.29, 1.82) is 0 Å². The van der Waals surface area contributed by atoms with Gasteiger partial charge < -0.3 is 15.0 Å². The zero-order valence-electron chi connectivity index (χ0n) is 10.1. The molecule has 0 saturated heterocycles. The first-order valence-electron chi connectivity index (χ1n) is 5.79. The number of anilines is 1. The number of nitrogens with two attached hydrogens (primary N) is 1. The molecule has 0 saturated carbocycles. The molecule has 0 amide bonds. The molecule has 3 rings (SSSR count). The second-order valence-electron chi connectivity index (χ2n) is 4.21. The third kappa shape index (κ3) is 1.70. The molecule has 0 bridgehead atoms. The van der Waals surface area contributed by atoms with Crippen LogP contribution in [0.4, 0.5) is 5.69 Å². The Morgan fingerprint density at radius 1 is 1.06 bits per heavy atom. The lowest BCUT2D eigenvalue weighted by Crippen LogP contribution is -1.93. The fraction of sp³-hybridized carbons (Fsp3) is 0.0667. The summed E-state index contributed by atoms with van der Waals surface area (Å²) in [5.41, 5.74) is 8.79. The van der Waals surface area contributed by atoms with Crippen LogP contribution in [0.25, 0.3) is 16.6 Å². The molecule has 3 nitrogen and oxygen atoms in total. The van der Waals surface area contributed by atoms with Gasteiger partial charge in [0.2, 0.25) is 0 Å². The van der Waals surface area contributed by atoms with Crippen LogP contribution in [0.2, 0.25) is 0 Å². The quantitative estimate of drug-likeness (QED) is 0.696. The van der Waals surface area contributed by atoms with E-state index in [9.17, 15) is 0 Å². The van der Waals surface area contributed by atoms with E-state index in [4.69, 9.17) is 10.5 Å². The van der Waals surface area contributed by atoms with Gasteiger partial charge in [-0.05, 0) is 42.5 Å². The predicted octanol–water partition coefficient (Wildman–Crippen LogP) is 3.22. The van der Waals surface area contributed by atoms with Crippen molar-refractivity contribution >= 4 is 16.6 Å². The van der Waals surface area contributed by atoms with Gasteiger partial charge >= 0.3 is 0 Å². The molecule has 1 heterocycles. The van der Waals surface area contributed by atoms with Gasteiger partial charge in [-0.1, -0.05) is 6.07 Å². The van der Waals surface area contributed by atoms with Crippen LogP contribution < -0.4 is 10.5 Å². The van der Waals surface area contributed by atoms with Crippen LogP contribution in [0, 0.1) is 0 Å². The van der Waals surface area contributed by atoms with Crippen molar-refractivity contribution in [3.63, 3.8) is 0 Å². The number of nitrogens with zero attached hydrogens (tertiary/aromatic N) is 1. The number of aromatic nitrogens is 1. The summed E-state index contributed by atoms with van der Waals surface area (Å²) in [4.78, 5) is 0. The summed E-state index contributed by atoms with van der Waals surface area (Å²) in [6.45, 7) is 0. The number of ether oxygens (including phenoxy) is 1. The second kappa shape index (κ2) is 4.11. The number of benzene rings is 2. The molecule has 1 aromatic heterocycles. The lowest BCUT2D eigenvalue weighted by Gasteiger charge is -2.07. The molecule has 2 aromatic carbocycles. The fourth-order valence-electron chi connectivity index (χ4n) is 2.15. The number of hydrogen-bond acceptors (Lipinski definition) is 2. The molecule has 2 N–H and O–H groups in total. The van der Waals surface area contributed by atoms with Crippen LogP contribution in [0.3, 0.4) is 0 Å². The van der Waals surface area contributed by atoms with Crippen LogP contribution in [0.1, 0.15) is 0 Å². The van der Waals surface area contributed by atoms with Gasteiger partial charge in [0, 0.05) is 23.0 Å². The van der Waals surface area contributed by atoms with E-state index < -0.39 is 0 Å². The van der Waals surface area contributed by atoms with Crippen molar-refractivity contribution in [2.45, 2.75) is 0 Å². The predicted molar refractivity (Wildman–Crippen MR) is 74.2 cm³/mol. The standard InChI is InChI=1S/C15H14N2O/c1-18-14-5-6-15-11(9-14)7-8-17(15)13-4-2-3-12(16)10-13/h2-10H,16H2,1H3. The normalized spacial score (nSPS) is 10.7. The van der Waals surface area contributed by atoms with Gasteiger partial charge in [0.25, 0.3) is 0 Å². The molecular formula is C15H14N2O. The molecule has 18 heavy (non-hydrogen) atoms. The molecule has 0 fully saturated rings. The van der Waals surface area contributed by atoms with Crippen LogP contribution in [-0.4, -0.2) is 11.7 Å². The summed E-state index contributed by atoms with van der Waals surface area (Å²) in [7, 11) is 1.68. The van der Waals surface area contributed by atoms with Crippen LogP contribution in [0.5, 0.6) is 5.75 Å². The first-order valence-corrected chi connectivity index (χ1v) is 5.79. The van der Waals surface area contributed by atoms with E-state index >= 15 is 0 Å². The molecule has 90 valence electrons. The third-order valence-corrected chi connectivity index (χ3v) is 3.05. The molecule has 3 aromatic rings. The van der Waals surface area contributed by atoms with Crippen molar-refractivity contribution in [2.24, 2.45) is 0 Å². The number of nitrogen functional groups attached to an aromatic ring is 1. The molecular weight excluding hydrogens is 224 g/mol. The Balaban J connectivity index is 2.18. The zero-order chi connectivity index (χ0) is 12.5. The van der Waals surface area contributed by atoms with Crippen LogP contribution in [0.15, 0.2) is 54.7 Å². The van der Waals surface area contributed by atoms with Crippen molar-refractivity contribution in [3.8, 4) is 11.4 Å². The maximum Gasteiger partial charge on any atom is 0.119 e. The van der Waals surface area contributed by atoms with Crippen molar-refractivity contribution in [2.75, 3.05) is 12.8 Å². The minimum Gasteiger partial charge on any atom is -0.497 e. The number of fused-ring (bicyclic) bond motifs is 1. The maximum atomic E-state index is 5.82. The number of rotatable bonds is 2. The Morgan fingerprint density at radius 3 is 2.72 bits per heavy atom. The first-order chi connectivity index (χ1) is 8.78. The van der Waals surface area contributed by atoms with E-state index in [0.717, 1.165) is 28.0 Å². The Kier molecular flexibility index (Phi) is 2.45. The van der Waals surface area contributed by atoms with Gasteiger partial charge in [-0.3, -0.25) is 0 Å². The highest BCUT2D eigenvalue weighted by molar-refractivity contribution is 5.83. The molecule has 0 radical (unpaired) electrons. The highest BCUT2D eigenvalue weighted by Crippen LogP contribution is 2.25. The lowest BCUT2D eigenvalue weighted by atomic mass is 10.2. The van der Waals surface area contributed by atoms with Crippen molar-refractivity contribution < 1.29 is 4.74 Å². The van der Waals surface area contributed by atoms with Crippen molar-refractivity contribution in [1.82, 2.24) is 4.57 Å². The van der Waals surface area contributed by atoms with Crippen LogP contribution >= 0.6 is 0 Å². The van der Waals surface area contributed by atoms with E-state index in [2.05, 4.69) is 16.7 Å². The number of methoxy groups -OCH3 is 1. The van der Waals surface area contributed by atoms with Gasteiger partial charge in [-0.25, -0.2) is 0 Å². The minimum absolute atomic E-state index is 0.767. The van der Waals surface area contributed by atoms with Gasteiger partial charge in [-0.15, -0.1) is 0 Å². The van der Waals surface area contributed by atoms with Crippen molar-refractivity contribution in [3.05, 3.63) is 54.7 Å². The average molecular weight is 238 g/mol. The SMILES string of the molecule is COc1ccc2c(ccn2-c2cccc(N)c2)c1. The Hall–Kier alpha value is -2.42. The smallest absolute Gasteiger partial charge is 0.119 e. The van der Waals surface area contributed by atoms with Gasteiger partial charge in [0.15, 0.2) is 0 Å². The van der Waals surface area contributed by atoms with Gasteiger partial charge in [0.05, 0.1) is 12.6 Å². The monoisotopic (exact) mass is 238 g/mol. The molecule has 0 unspecified atom stereocenters. The van der Waals surface area contributed by atoms with E-state index in [1.165, 1.54) is 0 Å². The highest BCUT2D eigenvalue weighted by atomic mass is 16.5. The summed E-state index contributed by atoms with van der Waals surface area (Å²) in [5, 5.41) is 1.15. The Morgan fingerprint density at radius 2 is 1.94 bits per heavy atom. The molecule has 0 aliphatic carbocycles. The first kappa shape index (κ1) is 10.7. The van der Waals surface area contributed by atoms with E-state index in [1.807, 2.05) is 42.6 Å². The topological polar surface area (TPSA) is 40.2 Å². The van der Waals surface area contributed by atoms with E-state index in [1.54, 1.807) is 7.11 Å².